The highest BCUT2D eigenvalue weighted by atomic mass is 19.1. The fraction of sp³-hybridized carbons (Fsp3) is 0.542. The van der Waals surface area contributed by atoms with Crippen molar-refractivity contribution in [1.29, 1.82) is 0 Å². The number of aromatic nitrogens is 2. The summed E-state index contributed by atoms with van der Waals surface area (Å²) in [5.74, 6) is 0.963. The molecule has 1 saturated heterocycles. The molecule has 1 aromatic heterocycles. The molecule has 1 aliphatic carbocycles. The third-order valence-electron chi connectivity index (χ3n) is 7.41. The summed E-state index contributed by atoms with van der Waals surface area (Å²) in [7, 11) is 0. The fourth-order valence-electron chi connectivity index (χ4n) is 5.62. The first-order valence-corrected chi connectivity index (χ1v) is 11.6. The number of aromatic hydroxyl groups is 1. The maximum absolute atomic E-state index is 15.7. The number of aromatic amines is 1. The molecule has 2 aromatic rings. The number of fused-ring (bicyclic) bond motifs is 1. The predicted octanol–water partition coefficient (Wildman–Crippen LogP) is 2.46. The quantitative estimate of drug-likeness (QED) is 0.426. The molecule has 5 rings (SSSR count). The zero-order chi connectivity index (χ0) is 22.4. The van der Waals surface area contributed by atoms with Gasteiger partial charge < -0.3 is 20.5 Å². The first-order valence-electron chi connectivity index (χ1n) is 11.6. The molecule has 0 amide bonds. The summed E-state index contributed by atoms with van der Waals surface area (Å²) >= 11 is 0. The van der Waals surface area contributed by atoms with Gasteiger partial charge in [0.2, 0.25) is 0 Å². The van der Waals surface area contributed by atoms with Crippen molar-refractivity contribution in [1.82, 2.24) is 26.1 Å². The molecule has 172 valence electrons. The van der Waals surface area contributed by atoms with Crippen LogP contribution in [0, 0.1) is 5.92 Å². The molecule has 7 nitrogen and oxygen atoms in total. The van der Waals surface area contributed by atoms with E-state index in [1.165, 1.54) is 0 Å². The molecular formula is C24H32FN5O2. The molecule has 0 radical (unpaired) electrons. The summed E-state index contributed by atoms with van der Waals surface area (Å²) < 4.78 is 15.7. The van der Waals surface area contributed by atoms with Gasteiger partial charge in [-0.05, 0) is 55.0 Å². The Bertz CT molecular complexity index is 1010. The monoisotopic (exact) mass is 441 g/mol. The minimum Gasteiger partial charge on any atom is -0.508 e. The number of hydrazine groups is 1. The zero-order valence-electron chi connectivity index (χ0n) is 18.5. The Kier molecular flexibility index (Phi) is 5.79. The highest BCUT2D eigenvalue weighted by molar-refractivity contribution is 5.67. The van der Waals surface area contributed by atoms with Gasteiger partial charge in [0.05, 0.1) is 36.1 Å². The highest BCUT2D eigenvalue weighted by Gasteiger charge is 2.48. The van der Waals surface area contributed by atoms with Crippen LogP contribution in [-0.2, 0) is 6.42 Å². The lowest BCUT2D eigenvalue weighted by Crippen LogP contribution is -2.45. The Morgan fingerprint density at radius 2 is 2.09 bits per heavy atom. The molecule has 8 heteroatoms. The maximum Gasteiger partial charge on any atom is 0.125 e. The predicted molar refractivity (Wildman–Crippen MR) is 121 cm³/mol. The molecule has 1 saturated carbocycles. The van der Waals surface area contributed by atoms with Crippen LogP contribution in [-0.4, -0.2) is 51.1 Å². The van der Waals surface area contributed by atoms with Crippen molar-refractivity contribution in [3.8, 4) is 5.75 Å². The molecule has 6 N–H and O–H groups in total. The number of phenols is 1. The van der Waals surface area contributed by atoms with Crippen molar-refractivity contribution >= 4 is 5.57 Å². The Balaban J connectivity index is 1.32. The number of rotatable bonds is 5. The van der Waals surface area contributed by atoms with E-state index in [0.717, 1.165) is 47.5 Å². The van der Waals surface area contributed by atoms with Gasteiger partial charge >= 0.3 is 0 Å². The van der Waals surface area contributed by atoms with Crippen LogP contribution in [0.15, 0.2) is 30.5 Å². The first-order chi connectivity index (χ1) is 15.5. The van der Waals surface area contributed by atoms with Crippen molar-refractivity contribution in [2.45, 2.75) is 69.4 Å². The normalized spacial score (nSPS) is 33.2. The average molecular weight is 442 g/mol. The van der Waals surface area contributed by atoms with E-state index >= 15 is 4.39 Å². The lowest BCUT2D eigenvalue weighted by Gasteiger charge is -2.36. The number of aliphatic hydroxyl groups excluding tert-OH is 1. The molecule has 2 fully saturated rings. The number of aliphatic hydroxyl groups is 1. The van der Waals surface area contributed by atoms with Gasteiger partial charge in [-0.25, -0.2) is 14.8 Å². The van der Waals surface area contributed by atoms with Crippen LogP contribution in [0.1, 0.15) is 61.3 Å². The zero-order valence-corrected chi connectivity index (χ0v) is 18.5. The Labute approximate surface area is 187 Å². The van der Waals surface area contributed by atoms with Gasteiger partial charge in [0.1, 0.15) is 17.7 Å². The number of hydrogen-bond donors (Lipinski definition) is 6. The van der Waals surface area contributed by atoms with Gasteiger partial charge in [-0.2, -0.15) is 0 Å². The number of nitrogens with one attached hydrogen (secondary N) is 4. The fourth-order valence-corrected chi connectivity index (χ4v) is 5.62. The van der Waals surface area contributed by atoms with Crippen LogP contribution in [0.4, 0.5) is 4.39 Å². The number of benzene rings is 1. The van der Waals surface area contributed by atoms with E-state index < -0.39 is 12.3 Å². The van der Waals surface area contributed by atoms with Gasteiger partial charge in [-0.15, -0.1) is 0 Å². The Morgan fingerprint density at radius 1 is 1.25 bits per heavy atom. The SMILES string of the molecule is CCc1cc(O)ccc1C1CCC2C(c3ncc(C4=C[C@H]([C@H](C)O)NC4)[nH]3)NNC2C1F. The van der Waals surface area contributed by atoms with E-state index in [4.69, 9.17) is 0 Å². The number of H-pyrrole nitrogens is 1. The summed E-state index contributed by atoms with van der Waals surface area (Å²) in [5.41, 5.74) is 10.5. The number of hydrogen-bond acceptors (Lipinski definition) is 6. The topological polar surface area (TPSA) is 105 Å². The van der Waals surface area contributed by atoms with Crippen LogP contribution in [0.25, 0.3) is 5.57 Å². The van der Waals surface area contributed by atoms with Crippen molar-refractivity contribution < 1.29 is 14.6 Å². The number of halogens is 1. The molecule has 3 aliphatic rings. The van der Waals surface area contributed by atoms with Crippen LogP contribution < -0.4 is 16.2 Å². The summed E-state index contributed by atoms with van der Waals surface area (Å²) in [6.07, 6.45) is 4.80. The van der Waals surface area contributed by atoms with Crippen molar-refractivity contribution in [2.24, 2.45) is 5.92 Å². The number of aryl methyl sites for hydroxylation is 1. The molecule has 0 bridgehead atoms. The summed E-state index contributed by atoms with van der Waals surface area (Å²) in [5, 5.41) is 22.9. The van der Waals surface area contributed by atoms with Crippen molar-refractivity contribution in [3.05, 3.63) is 53.1 Å². The van der Waals surface area contributed by atoms with E-state index in [9.17, 15) is 10.2 Å². The van der Waals surface area contributed by atoms with Gasteiger partial charge in [0, 0.05) is 18.4 Å². The number of nitrogens with zero attached hydrogens (tertiary/aromatic N) is 1. The van der Waals surface area contributed by atoms with E-state index in [1.54, 1.807) is 19.1 Å². The molecule has 1 aromatic carbocycles. The molecule has 2 aliphatic heterocycles. The second-order valence-electron chi connectivity index (χ2n) is 9.34. The standard InChI is InChI=1S/C24H32FN5O2/c1-3-13-8-15(32)4-5-16(13)17-6-7-18-22(21(17)25)29-30-23(18)24-27-11-20(28-24)14-9-19(12(2)31)26-10-14/h4-5,8-9,11-12,17-19,21-23,26,29-32H,3,6-7,10H2,1-2H3,(H,27,28)/t12-,17?,18?,19+,21?,22?,23?/m0/s1. The molecule has 3 heterocycles. The van der Waals surface area contributed by atoms with Crippen molar-refractivity contribution in [3.63, 3.8) is 0 Å². The Hall–Kier alpha value is -2.26. The second kappa shape index (κ2) is 8.59. The van der Waals surface area contributed by atoms with Gasteiger partial charge in [-0.1, -0.05) is 19.1 Å². The van der Waals surface area contributed by atoms with Crippen molar-refractivity contribution in [2.75, 3.05) is 6.54 Å². The number of imidazole rings is 1. The number of phenolic OH excluding ortho intramolecular Hbond substituents is 1. The summed E-state index contributed by atoms with van der Waals surface area (Å²) in [6.45, 7) is 4.49. The van der Waals surface area contributed by atoms with E-state index in [1.807, 2.05) is 25.3 Å². The Morgan fingerprint density at radius 3 is 2.84 bits per heavy atom. The first kappa shape index (κ1) is 21.6. The number of alkyl halides is 1. The van der Waals surface area contributed by atoms with E-state index in [0.29, 0.717) is 6.54 Å². The van der Waals surface area contributed by atoms with Crippen LogP contribution >= 0.6 is 0 Å². The minimum atomic E-state index is -1.02. The molecule has 5 unspecified atom stereocenters. The largest absolute Gasteiger partial charge is 0.508 e. The van der Waals surface area contributed by atoms with Gasteiger partial charge in [0.15, 0.2) is 0 Å². The summed E-state index contributed by atoms with van der Waals surface area (Å²) in [4.78, 5) is 8.02. The van der Waals surface area contributed by atoms with Crippen LogP contribution in [0.3, 0.4) is 0 Å². The third kappa shape index (κ3) is 3.75. The highest BCUT2D eigenvalue weighted by Crippen LogP contribution is 2.45. The smallest absolute Gasteiger partial charge is 0.125 e. The van der Waals surface area contributed by atoms with Crippen LogP contribution in [0.5, 0.6) is 5.75 Å². The van der Waals surface area contributed by atoms with Gasteiger partial charge in [-0.3, -0.25) is 5.43 Å². The minimum absolute atomic E-state index is 0.0529. The van der Waals surface area contributed by atoms with E-state index in [-0.39, 0.29) is 35.7 Å². The van der Waals surface area contributed by atoms with Crippen LogP contribution in [0.2, 0.25) is 0 Å². The van der Waals surface area contributed by atoms with Gasteiger partial charge in [0.25, 0.3) is 0 Å². The molecule has 32 heavy (non-hydrogen) atoms. The molecule has 0 spiro atoms. The maximum atomic E-state index is 15.7. The average Bonchev–Trinajstić information content (AvgIpc) is 3.52. The van der Waals surface area contributed by atoms with E-state index in [2.05, 4.69) is 26.1 Å². The lowest BCUT2D eigenvalue weighted by atomic mass is 9.71. The third-order valence-corrected chi connectivity index (χ3v) is 7.41. The summed E-state index contributed by atoms with van der Waals surface area (Å²) in [6, 6.07) is 4.88. The molecular weight excluding hydrogens is 409 g/mol. The molecule has 7 atom stereocenters. The lowest BCUT2D eigenvalue weighted by molar-refractivity contribution is 0.135. The second-order valence-corrected chi connectivity index (χ2v) is 9.34.